The molecule has 2 nitrogen and oxygen atoms in total. The molecular formula is C15H20FNOS. The molecule has 1 atom stereocenters. The van der Waals surface area contributed by atoms with E-state index in [-0.39, 0.29) is 11.6 Å². The molecule has 2 rings (SSSR count). The standard InChI is InChI=1S/C15H20FNOS/c1-11-3-4-13(9-14(11)16)15(18)5-6-17-7-8-19-10-12(17)2/h3-4,9,12H,5-8,10H2,1-2H3. The molecule has 0 amide bonds. The van der Waals surface area contributed by atoms with E-state index in [1.807, 2.05) is 11.8 Å². The zero-order valence-electron chi connectivity index (χ0n) is 11.5. The van der Waals surface area contributed by atoms with E-state index in [9.17, 15) is 9.18 Å². The van der Waals surface area contributed by atoms with Crippen LogP contribution < -0.4 is 0 Å². The first kappa shape index (κ1) is 14.5. The van der Waals surface area contributed by atoms with Gasteiger partial charge in [-0.2, -0.15) is 11.8 Å². The highest BCUT2D eigenvalue weighted by atomic mass is 32.2. The lowest BCUT2D eigenvalue weighted by molar-refractivity contribution is 0.0957. The predicted octanol–water partition coefficient (Wildman–Crippen LogP) is 3.14. The lowest BCUT2D eigenvalue weighted by atomic mass is 10.1. The molecule has 104 valence electrons. The maximum atomic E-state index is 13.4. The molecule has 1 aromatic carbocycles. The van der Waals surface area contributed by atoms with E-state index >= 15 is 0 Å². The molecule has 0 spiro atoms. The molecule has 4 heteroatoms. The second-order valence-corrected chi connectivity index (χ2v) is 6.25. The summed E-state index contributed by atoms with van der Waals surface area (Å²) in [4.78, 5) is 14.4. The number of nitrogens with zero attached hydrogens (tertiary/aromatic N) is 1. The summed E-state index contributed by atoms with van der Waals surface area (Å²) in [5.74, 6) is 2.00. The third-order valence-corrected chi connectivity index (χ3v) is 4.81. The summed E-state index contributed by atoms with van der Waals surface area (Å²) in [5.41, 5.74) is 1.07. The molecule has 1 heterocycles. The fourth-order valence-electron chi connectivity index (χ4n) is 2.25. The Bertz CT molecular complexity index is 463. The van der Waals surface area contributed by atoms with Crippen LogP contribution in [-0.2, 0) is 0 Å². The Labute approximate surface area is 118 Å². The fourth-order valence-corrected chi connectivity index (χ4v) is 3.33. The minimum absolute atomic E-state index is 0.0318. The maximum Gasteiger partial charge on any atom is 0.164 e. The van der Waals surface area contributed by atoms with Gasteiger partial charge in [0.15, 0.2) is 5.78 Å². The van der Waals surface area contributed by atoms with Crippen LogP contribution in [0.2, 0.25) is 0 Å². The van der Waals surface area contributed by atoms with Crippen LogP contribution >= 0.6 is 11.8 Å². The summed E-state index contributed by atoms with van der Waals surface area (Å²) >= 11 is 1.96. The Morgan fingerprint density at radius 3 is 3.00 bits per heavy atom. The van der Waals surface area contributed by atoms with Crippen molar-refractivity contribution in [3.05, 3.63) is 35.1 Å². The van der Waals surface area contributed by atoms with Crippen LogP contribution in [0.25, 0.3) is 0 Å². The number of aryl methyl sites for hydroxylation is 1. The van der Waals surface area contributed by atoms with Crippen molar-refractivity contribution in [2.24, 2.45) is 0 Å². The first-order valence-electron chi connectivity index (χ1n) is 6.69. The molecule has 0 radical (unpaired) electrons. The van der Waals surface area contributed by atoms with Crippen molar-refractivity contribution < 1.29 is 9.18 Å². The number of ketones is 1. The minimum Gasteiger partial charge on any atom is -0.299 e. The summed E-state index contributed by atoms with van der Waals surface area (Å²) in [5, 5.41) is 0. The maximum absolute atomic E-state index is 13.4. The van der Waals surface area contributed by atoms with Crippen LogP contribution in [0.15, 0.2) is 18.2 Å². The number of thioether (sulfide) groups is 1. The Kier molecular flexibility index (Phi) is 4.99. The molecular weight excluding hydrogens is 261 g/mol. The molecule has 1 aromatic rings. The normalized spacial score (nSPS) is 20.5. The lowest BCUT2D eigenvalue weighted by Gasteiger charge is -2.32. The van der Waals surface area contributed by atoms with Crippen LogP contribution in [0.4, 0.5) is 4.39 Å². The van der Waals surface area contributed by atoms with Gasteiger partial charge in [-0.05, 0) is 25.5 Å². The second kappa shape index (κ2) is 6.53. The average molecular weight is 281 g/mol. The zero-order chi connectivity index (χ0) is 13.8. The van der Waals surface area contributed by atoms with E-state index in [0.29, 0.717) is 23.6 Å². The number of hydrogen-bond donors (Lipinski definition) is 0. The average Bonchev–Trinajstić information content (AvgIpc) is 2.40. The molecule has 0 aliphatic carbocycles. The number of benzene rings is 1. The summed E-state index contributed by atoms with van der Waals surface area (Å²) in [7, 11) is 0. The molecule has 0 aromatic heterocycles. The third-order valence-electron chi connectivity index (χ3n) is 3.63. The van der Waals surface area contributed by atoms with Crippen LogP contribution in [0.5, 0.6) is 0 Å². The highest BCUT2D eigenvalue weighted by Crippen LogP contribution is 2.17. The third kappa shape index (κ3) is 3.80. The van der Waals surface area contributed by atoms with Crippen molar-refractivity contribution in [1.29, 1.82) is 0 Å². The van der Waals surface area contributed by atoms with E-state index in [1.54, 1.807) is 19.1 Å². The van der Waals surface area contributed by atoms with E-state index in [0.717, 1.165) is 24.6 Å². The summed E-state index contributed by atoms with van der Waals surface area (Å²) in [6, 6.07) is 5.27. The minimum atomic E-state index is -0.298. The van der Waals surface area contributed by atoms with E-state index < -0.39 is 0 Å². The first-order chi connectivity index (χ1) is 9.08. The van der Waals surface area contributed by atoms with Crippen LogP contribution in [0.1, 0.15) is 29.3 Å². The zero-order valence-corrected chi connectivity index (χ0v) is 12.3. The van der Waals surface area contributed by atoms with Crippen molar-refractivity contribution in [2.75, 3.05) is 24.6 Å². The van der Waals surface area contributed by atoms with Gasteiger partial charge in [-0.15, -0.1) is 0 Å². The topological polar surface area (TPSA) is 20.3 Å². The molecule has 19 heavy (non-hydrogen) atoms. The fraction of sp³-hybridized carbons (Fsp3) is 0.533. The van der Waals surface area contributed by atoms with Crippen molar-refractivity contribution in [3.63, 3.8) is 0 Å². The summed E-state index contributed by atoms with van der Waals surface area (Å²) in [6.07, 6.45) is 0.470. The SMILES string of the molecule is Cc1ccc(C(=O)CCN2CCSCC2C)cc1F. The molecule has 1 fully saturated rings. The Balaban J connectivity index is 1.91. The van der Waals surface area contributed by atoms with E-state index in [1.165, 1.54) is 6.07 Å². The van der Waals surface area contributed by atoms with Crippen molar-refractivity contribution in [1.82, 2.24) is 4.90 Å². The monoisotopic (exact) mass is 281 g/mol. The van der Waals surface area contributed by atoms with E-state index in [2.05, 4.69) is 11.8 Å². The summed E-state index contributed by atoms with van der Waals surface area (Å²) in [6.45, 7) is 5.72. The van der Waals surface area contributed by atoms with Gasteiger partial charge in [0.25, 0.3) is 0 Å². The van der Waals surface area contributed by atoms with Gasteiger partial charge in [-0.1, -0.05) is 12.1 Å². The number of Topliss-reactive ketones (excluding diaryl/α,β-unsaturated/α-hetero) is 1. The van der Waals surface area contributed by atoms with Gasteiger partial charge < -0.3 is 0 Å². The van der Waals surface area contributed by atoms with Crippen LogP contribution in [0, 0.1) is 12.7 Å². The van der Waals surface area contributed by atoms with E-state index in [4.69, 9.17) is 0 Å². The number of carbonyl (C=O) groups is 1. The molecule has 0 saturated carbocycles. The van der Waals surface area contributed by atoms with Gasteiger partial charge in [-0.25, -0.2) is 4.39 Å². The number of halogens is 1. The van der Waals surface area contributed by atoms with Gasteiger partial charge in [0, 0.05) is 42.6 Å². The van der Waals surface area contributed by atoms with Crippen molar-refractivity contribution in [3.8, 4) is 0 Å². The molecule has 1 unspecified atom stereocenters. The highest BCUT2D eigenvalue weighted by molar-refractivity contribution is 7.99. The Morgan fingerprint density at radius 1 is 1.53 bits per heavy atom. The summed E-state index contributed by atoms with van der Waals surface area (Å²) < 4.78 is 13.4. The molecule has 0 bridgehead atoms. The smallest absolute Gasteiger partial charge is 0.164 e. The van der Waals surface area contributed by atoms with Crippen LogP contribution in [-0.4, -0.2) is 41.3 Å². The van der Waals surface area contributed by atoms with Gasteiger partial charge in [0.05, 0.1) is 0 Å². The number of rotatable bonds is 4. The van der Waals surface area contributed by atoms with Gasteiger partial charge in [-0.3, -0.25) is 9.69 Å². The quantitative estimate of drug-likeness (QED) is 0.791. The van der Waals surface area contributed by atoms with Gasteiger partial charge >= 0.3 is 0 Å². The Morgan fingerprint density at radius 2 is 2.32 bits per heavy atom. The van der Waals surface area contributed by atoms with Gasteiger partial charge in [0.1, 0.15) is 5.82 Å². The largest absolute Gasteiger partial charge is 0.299 e. The first-order valence-corrected chi connectivity index (χ1v) is 7.84. The highest BCUT2D eigenvalue weighted by Gasteiger charge is 2.19. The van der Waals surface area contributed by atoms with Crippen molar-refractivity contribution >= 4 is 17.5 Å². The Hall–Kier alpha value is -0.870. The molecule has 0 N–H and O–H groups in total. The molecule has 1 aliphatic heterocycles. The lowest BCUT2D eigenvalue weighted by Crippen LogP contribution is -2.41. The number of carbonyl (C=O) groups excluding carboxylic acids is 1. The molecule has 1 aliphatic rings. The van der Waals surface area contributed by atoms with Gasteiger partial charge in [0.2, 0.25) is 0 Å². The predicted molar refractivity (Wildman–Crippen MR) is 78.4 cm³/mol. The second-order valence-electron chi connectivity index (χ2n) is 5.10. The van der Waals surface area contributed by atoms with Crippen LogP contribution in [0.3, 0.4) is 0 Å². The molecule has 1 saturated heterocycles. The van der Waals surface area contributed by atoms with Crippen molar-refractivity contribution in [2.45, 2.75) is 26.3 Å². The number of hydrogen-bond acceptors (Lipinski definition) is 3.